The quantitative estimate of drug-likeness (QED) is 0.616. The van der Waals surface area contributed by atoms with Crippen molar-refractivity contribution >= 4 is 0 Å². The van der Waals surface area contributed by atoms with Gasteiger partial charge in [-0.05, 0) is 25.8 Å². The monoisotopic (exact) mass is 170 g/mol. The minimum atomic E-state index is 0.402. The SMILES string of the molecule is CCCCCC(N)C1CCCN1. The maximum atomic E-state index is 6.06. The molecule has 0 aromatic heterocycles. The molecule has 1 rings (SSSR count). The number of unbranched alkanes of at least 4 members (excludes halogenated alkanes) is 2. The maximum Gasteiger partial charge on any atom is 0.0219 e. The van der Waals surface area contributed by atoms with Crippen LogP contribution in [0.4, 0.5) is 0 Å². The molecule has 2 unspecified atom stereocenters. The van der Waals surface area contributed by atoms with E-state index in [1.54, 1.807) is 0 Å². The zero-order valence-electron chi connectivity index (χ0n) is 8.18. The molecular formula is C10H22N2. The second kappa shape index (κ2) is 5.55. The lowest BCUT2D eigenvalue weighted by Crippen LogP contribution is -2.41. The molecule has 3 N–H and O–H groups in total. The molecule has 72 valence electrons. The van der Waals surface area contributed by atoms with Gasteiger partial charge in [-0.15, -0.1) is 0 Å². The highest BCUT2D eigenvalue weighted by molar-refractivity contribution is 4.83. The van der Waals surface area contributed by atoms with Crippen molar-refractivity contribution in [3.63, 3.8) is 0 Å². The molecule has 0 aromatic rings. The van der Waals surface area contributed by atoms with Crippen molar-refractivity contribution in [1.29, 1.82) is 0 Å². The zero-order chi connectivity index (χ0) is 8.81. The van der Waals surface area contributed by atoms with Crippen molar-refractivity contribution in [1.82, 2.24) is 5.32 Å². The first-order valence-corrected chi connectivity index (χ1v) is 5.33. The summed E-state index contributed by atoms with van der Waals surface area (Å²) in [5.74, 6) is 0. The molecule has 0 radical (unpaired) electrons. The van der Waals surface area contributed by atoms with Gasteiger partial charge in [-0.2, -0.15) is 0 Å². The van der Waals surface area contributed by atoms with Crippen molar-refractivity contribution in [2.75, 3.05) is 6.54 Å². The number of hydrogen-bond donors (Lipinski definition) is 2. The highest BCUT2D eigenvalue weighted by atomic mass is 15.0. The number of nitrogens with two attached hydrogens (primary N) is 1. The molecule has 0 aliphatic carbocycles. The average molecular weight is 170 g/mol. The molecule has 0 saturated carbocycles. The first kappa shape index (κ1) is 10.0. The van der Waals surface area contributed by atoms with E-state index in [4.69, 9.17) is 5.73 Å². The van der Waals surface area contributed by atoms with Gasteiger partial charge < -0.3 is 11.1 Å². The highest BCUT2D eigenvalue weighted by Gasteiger charge is 2.20. The fourth-order valence-corrected chi connectivity index (χ4v) is 1.91. The Bertz CT molecular complexity index is 108. The van der Waals surface area contributed by atoms with E-state index in [1.165, 1.54) is 45.1 Å². The summed E-state index contributed by atoms with van der Waals surface area (Å²) in [6.45, 7) is 3.41. The van der Waals surface area contributed by atoms with Crippen LogP contribution in [-0.2, 0) is 0 Å². The van der Waals surface area contributed by atoms with Crippen LogP contribution in [0.3, 0.4) is 0 Å². The van der Waals surface area contributed by atoms with Crippen molar-refractivity contribution < 1.29 is 0 Å². The summed E-state index contributed by atoms with van der Waals surface area (Å²) in [7, 11) is 0. The van der Waals surface area contributed by atoms with Gasteiger partial charge >= 0.3 is 0 Å². The Kier molecular flexibility index (Phi) is 4.62. The molecule has 1 fully saturated rings. The van der Waals surface area contributed by atoms with Crippen molar-refractivity contribution in [2.24, 2.45) is 5.73 Å². The van der Waals surface area contributed by atoms with E-state index < -0.39 is 0 Å². The van der Waals surface area contributed by atoms with Crippen molar-refractivity contribution in [3.8, 4) is 0 Å². The number of rotatable bonds is 5. The van der Waals surface area contributed by atoms with Gasteiger partial charge in [0.2, 0.25) is 0 Å². The Morgan fingerprint density at radius 3 is 2.92 bits per heavy atom. The third-order valence-corrected chi connectivity index (χ3v) is 2.76. The minimum Gasteiger partial charge on any atom is -0.326 e. The Morgan fingerprint density at radius 1 is 1.50 bits per heavy atom. The molecule has 2 atom stereocenters. The minimum absolute atomic E-state index is 0.402. The summed E-state index contributed by atoms with van der Waals surface area (Å²) in [6.07, 6.45) is 7.73. The summed E-state index contributed by atoms with van der Waals surface area (Å²) in [6, 6.07) is 1.01. The van der Waals surface area contributed by atoms with Crippen LogP contribution in [0, 0.1) is 0 Å². The van der Waals surface area contributed by atoms with Gasteiger partial charge in [0.15, 0.2) is 0 Å². The summed E-state index contributed by atoms with van der Waals surface area (Å²) >= 11 is 0. The molecule has 1 saturated heterocycles. The third-order valence-electron chi connectivity index (χ3n) is 2.76. The lowest BCUT2D eigenvalue weighted by atomic mass is 10.0. The smallest absolute Gasteiger partial charge is 0.0219 e. The first-order chi connectivity index (χ1) is 5.84. The lowest BCUT2D eigenvalue weighted by Gasteiger charge is -2.18. The summed E-state index contributed by atoms with van der Waals surface area (Å²) < 4.78 is 0. The standard InChI is InChI=1S/C10H22N2/c1-2-3-4-6-9(11)10-7-5-8-12-10/h9-10,12H,2-8,11H2,1H3. The van der Waals surface area contributed by atoms with Crippen LogP contribution in [0.5, 0.6) is 0 Å². The lowest BCUT2D eigenvalue weighted by molar-refractivity contribution is 0.442. The van der Waals surface area contributed by atoms with Gasteiger partial charge in [-0.3, -0.25) is 0 Å². The zero-order valence-corrected chi connectivity index (χ0v) is 8.18. The molecule has 2 nitrogen and oxygen atoms in total. The summed E-state index contributed by atoms with van der Waals surface area (Å²) in [5.41, 5.74) is 6.06. The normalized spacial score (nSPS) is 26.0. The van der Waals surface area contributed by atoms with E-state index in [-0.39, 0.29) is 0 Å². The Labute approximate surface area is 75.9 Å². The molecule has 1 aliphatic heterocycles. The summed E-state index contributed by atoms with van der Waals surface area (Å²) in [5, 5.41) is 3.46. The largest absolute Gasteiger partial charge is 0.326 e. The molecule has 0 spiro atoms. The summed E-state index contributed by atoms with van der Waals surface area (Å²) in [4.78, 5) is 0. The van der Waals surface area contributed by atoms with E-state index in [0.717, 1.165) is 0 Å². The Hall–Kier alpha value is -0.0800. The van der Waals surface area contributed by atoms with Crippen LogP contribution in [0.1, 0.15) is 45.4 Å². The molecular weight excluding hydrogens is 148 g/mol. The predicted molar refractivity (Wildman–Crippen MR) is 53.1 cm³/mol. The Balaban J connectivity index is 2.05. The second-order valence-corrected chi connectivity index (χ2v) is 3.86. The van der Waals surface area contributed by atoms with Crippen LogP contribution >= 0.6 is 0 Å². The van der Waals surface area contributed by atoms with E-state index in [2.05, 4.69) is 12.2 Å². The van der Waals surface area contributed by atoms with Crippen LogP contribution < -0.4 is 11.1 Å². The fraction of sp³-hybridized carbons (Fsp3) is 1.00. The number of nitrogens with one attached hydrogen (secondary N) is 1. The van der Waals surface area contributed by atoms with E-state index >= 15 is 0 Å². The van der Waals surface area contributed by atoms with E-state index in [9.17, 15) is 0 Å². The molecule has 0 bridgehead atoms. The fourth-order valence-electron chi connectivity index (χ4n) is 1.91. The van der Waals surface area contributed by atoms with Crippen LogP contribution in [0.2, 0.25) is 0 Å². The molecule has 1 heterocycles. The molecule has 1 aliphatic rings. The van der Waals surface area contributed by atoms with Crippen LogP contribution in [0.25, 0.3) is 0 Å². The van der Waals surface area contributed by atoms with Gasteiger partial charge in [0.05, 0.1) is 0 Å². The van der Waals surface area contributed by atoms with Crippen molar-refractivity contribution in [3.05, 3.63) is 0 Å². The van der Waals surface area contributed by atoms with Crippen LogP contribution in [-0.4, -0.2) is 18.6 Å². The topological polar surface area (TPSA) is 38.0 Å². The van der Waals surface area contributed by atoms with Gasteiger partial charge in [0.25, 0.3) is 0 Å². The Morgan fingerprint density at radius 2 is 2.33 bits per heavy atom. The number of hydrogen-bond acceptors (Lipinski definition) is 2. The predicted octanol–water partition coefficient (Wildman–Crippen LogP) is 1.65. The van der Waals surface area contributed by atoms with Gasteiger partial charge in [0.1, 0.15) is 0 Å². The first-order valence-electron chi connectivity index (χ1n) is 5.33. The molecule has 12 heavy (non-hydrogen) atoms. The van der Waals surface area contributed by atoms with E-state index in [0.29, 0.717) is 12.1 Å². The average Bonchev–Trinajstić information content (AvgIpc) is 2.56. The van der Waals surface area contributed by atoms with Gasteiger partial charge in [-0.1, -0.05) is 26.2 Å². The third kappa shape index (κ3) is 3.11. The highest BCUT2D eigenvalue weighted by Crippen LogP contribution is 2.12. The van der Waals surface area contributed by atoms with Gasteiger partial charge in [0, 0.05) is 12.1 Å². The van der Waals surface area contributed by atoms with Crippen molar-refractivity contribution in [2.45, 2.75) is 57.5 Å². The maximum absolute atomic E-state index is 6.06. The molecule has 0 amide bonds. The molecule has 0 aromatic carbocycles. The molecule has 2 heteroatoms. The second-order valence-electron chi connectivity index (χ2n) is 3.86. The van der Waals surface area contributed by atoms with Crippen LogP contribution in [0.15, 0.2) is 0 Å². The van der Waals surface area contributed by atoms with E-state index in [1.807, 2.05) is 0 Å². The van der Waals surface area contributed by atoms with Gasteiger partial charge in [-0.25, -0.2) is 0 Å².